The lowest BCUT2D eigenvalue weighted by Gasteiger charge is -2.40. The van der Waals surface area contributed by atoms with Crippen molar-refractivity contribution in [2.45, 2.75) is 71.5 Å². The molecule has 5 rings (SSSR count). The summed E-state index contributed by atoms with van der Waals surface area (Å²) in [5.74, 6) is 1.89. The van der Waals surface area contributed by atoms with Gasteiger partial charge in [0.15, 0.2) is 0 Å². The Hall–Kier alpha value is -3.01. The summed E-state index contributed by atoms with van der Waals surface area (Å²) in [6.07, 6.45) is 13.6. The number of hydrogen-bond donors (Lipinski definition) is 3. The summed E-state index contributed by atoms with van der Waals surface area (Å²) in [6, 6.07) is 7.79. The molecule has 41 heavy (non-hydrogen) atoms. The van der Waals surface area contributed by atoms with Gasteiger partial charge in [-0.25, -0.2) is 9.97 Å². The quantitative estimate of drug-likeness (QED) is 0.272. The number of nitrogens with one attached hydrogen (secondary N) is 2. The second-order valence-corrected chi connectivity index (χ2v) is 12.6. The Morgan fingerprint density at radius 2 is 1.76 bits per heavy atom. The summed E-state index contributed by atoms with van der Waals surface area (Å²) in [7, 11) is 0. The molecule has 1 atom stereocenters. The number of imidazole rings is 2. The standard InChI is InChI=1S/C32H47N7O2/c1-25(2)23-37-16-8-32(9-17-37)10-18-38(24-32)14-3-15-39-19-13-35-31(39)28(21-29-33-11-12-34-29)36-22-27-6-4-26(5-7-27)20-30(40)41/h4-7,11-13,19,25,28,36H,3,8-10,14-18,20-24H2,1-2H3,(H,33,34)(H,40,41). The highest BCUT2D eigenvalue weighted by Crippen LogP contribution is 2.40. The molecule has 1 spiro atoms. The summed E-state index contributed by atoms with van der Waals surface area (Å²) in [5.41, 5.74) is 2.46. The van der Waals surface area contributed by atoms with Gasteiger partial charge in [-0.05, 0) is 74.3 Å². The lowest BCUT2D eigenvalue weighted by atomic mass is 9.77. The maximum atomic E-state index is 11.0. The largest absolute Gasteiger partial charge is 0.481 e. The zero-order valence-electron chi connectivity index (χ0n) is 24.8. The monoisotopic (exact) mass is 561 g/mol. The average molecular weight is 562 g/mol. The van der Waals surface area contributed by atoms with E-state index < -0.39 is 5.97 Å². The van der Waals surface area contributed by atoms with E-state index in [1.54, 1.807) is 6.20 Å². The predicted molar refractivity (Wildman–Crippen MR) is 161 cm³/mol. The molecule has 3 N–H and O–H groups in total. The van der Waals surface area contributed by atoms with E-state index >= 15 is 0 Å². The van der Waals surface area contributed by atoms with E-state index in [2.05, 4.69) is 49.7 Å². The van der Waals surface area contributed by atoms with Crippen LogP contribution >= 0.6 is 0 Å². The Morgan fingerprint density at radius 1 is 1.02 bits per heavy atom. The number of aromatic amines is 1. The van der Waals surface area contributed by atoms with Crippen molar-refractivity contribution in [1.82, 2.24) is 34.6 Å². The summed E-state index contributed by atoms with van der Waals surface area (Å²) < 4.78 is 2.30. The van der Waals surface area contributed by atoms with Gasteiger partial charge in [0, 0.05) is 57.4 Å². The number of rotatable bonds is 14. The highest BCUT2D eigenvalue weighted by atomic mass is 16.4. The molecular formula is C32H47N7O2. The van der Waals surface area contributed by atoms with Crippen LogP contribution in [0.1, 0.15) is 68.3 Å². The van der Waals surface area contributed by atoms with Crippen LogP contribution < -0.4 is 5.32 Å². The second kappa shape index (κ2) is 13.8. The third-order valence-electron chi connectivity index (χ3n) is 8.87. The molecule has 9 heteroatoms. The van der Waals surface area contributed by atoms with Gasteiger partial charge in [0.05, 0.1) is 12.5 Å². The van der Waals surface area contributed by atoms with E-state index in [1.165, 1.54) is 52.0 Å². The fourth-order valence-corrected chi connectivity index (χ4v) is 6.69. The van der Waals surface area contributed by atoms with E-state index in [1.807, 2.05) is 36.7 Å². The first-order valence-electron chi connectivity index (χ1n) is 15.3. The number of nitrogens with zero attached hydrogens (tertiary/aromatic N) is 5. The van der Waals surface area contributed by atoms with Crippen molar-refractivity contribution in [2.75, 3.05) is 39.3 Å². The zero-order chi connectivity index (χ0) is 28.7. The Morgan fingerprint density at radius 3 is 2.44 bits per heavy atom. The van der Waals surface area contributed by atoms with Gasteiger partial charge in [-0.15, -0.1) is 0 Å². The van der Waals surface area contributed by atoms with Crippen LogP contribution in [-0.4, -0.2) is 79.7 Å². The number of aliphatic carboxylic acids is 1. The lowest BCUT2D eigenvalue weighted by Crippen LogP contribution is -2.42. The maximum Gasteiger partial charge on any atom is 0.307 e. The van der Waals surface area contributed by atoms with Gasteiger partial charge in [0.25, 0.3) is 0 Å². The minimum Gasteiger partial charge on any atom is -0.481 e. The molecule has 0 saturated carbocycles. The van der Waals surface area contributed by atoms with E-state index in [0.29, 0.717) is 18.4 Å². The van der Waals surface area contributed by atoms with Gasteiger partial charge < -0.3 is 29.8 Å². The Kier molecular flexibility index (Phi) is 9.90. The van der Waals surface area contributed by atoms with Gasteiger partial charge in [-0.1, -0.05) is 38.1 Å². The van der Waals surface area contributed by atoms with Crippen molar-refractivity contribution in [1.29, 1.82) is 0 Å². The van der Waals surface area contributed by atoms with Crippen LogP contribution in [0.5, 0.6) is 0 Å². The molecular weight excluding hydrogens is 514 g/mol. The summed E-state index contributed by atoms with van der Waals surface area (Å²) in [4.78, 5) is 28.9. The maximum absolute atomic E-state index is 11.0. The van der Waals surface area contributed by atoms with E-state index in [4.69, 9.17) is 10.1 Å². The number of piperidine rings is 1. The molecule has 0 amide bonds. The Balaban J connectivity index is 1.14. The van der Waals surface area contributed by atoms with Crippen LogP contribution in [0.25, 0.3) is 0 Å². The first-order valence-corrected chi connectivity index (χ1v) is 15.3. The fourth-order valence-electron chi connectivity index (χ4n) is 6.69. The minimum atomic E-state index is -0.812. The molecule has 1 aromatic carbocycles. The number of benzene rings is 1. The topological polar surface area (TPSA) is 102 Å². The molecule has 2 aliphatic heterocycles. The number of carbonyl (C=O) groups is 1. The number of H-pyrrole nitrogens is 1. The van der Waals surface area contributed by atoms with Crippen molar-refractivity contribution in [3.8, 4) is 0 Å². The van der Waals surface area contributed by atoms with Gasteiger partial charge in [-0.2, -0.15) is 0 Å². The zero-order valence-corrected chi connectivity index (χ0v) is 24.8. The molecule has 0 aliphatic carbocycles. The predicted octanol–water partition coefficient (Wildman–Crippen LogP) is 4.14. The van der Waals surface area contributed by atoms with E-state index in [9.17, 15) is 4.79 Å². The van der Waals surface area contributed by atoms with Crippen LogP contribution in [0.15, 0.2) is 49.1 Å². The second-order valence-electron chi connectivity index (χ2n) is 12.6. The number of aryl methyl sites for hydroxylation is 1. The molecule has 2 aliphatic rings. The first kappa shape index (κ1) is 29.5. The summed E-state index contributed by atoms with van der Waals surface area (Å²) in [5, 5.41) is 12.7. The highest BCUT2D eigenvalue weighted by molar-refractivity contribution is 5.70. The number of hydrogen-bond acceptors (Lipinski definition) is 6. The number of carboxylic acids is 1. The van der Waals surface area contributed by atoms with Gasteiger partial charge in [-0.3, -0.25) is 4.79 Å². The normalized spacial score (nSPS) is 18.4. The molecule has 0 radical (unpaired) electrons. The molecule has 9 nitrogen and oxygen atoms in total. The van der Waals surface area contributed by atoms with Crippen LogP contribution in [0.2, 0.25) is 0 Å². The number of likely N-dealkylation sites (tertiary alicyclic amines) is 2. The first-order chi connectivity index (χ1) is 19.9. The molecule has 3 aromatic rings. The average Bonchev–Trinajstić information content (AvgIpc) is 3.71. The van der Waals surface area contributed by atoms with Crippen molar-refractivity contribution < 1.29 is 9.90 Å². The van der Waals surface area contributed by atoms with Gasteiger partial charge >= 0.3 is 5.97 Å². The number of aromatic nitrogens is 4. The summed E-state index contributed by atoms with van der Waals surface area (Å²) in [6.45, 7) is 13.6. The van der Waals surface area contributed by atoms with Crippen molar-refractivity contribution >= 4 is 5.97 Å². The minimum absolute atomic E-state index is 0.000857. The third-order valence-corrected chi connectivity index (χ3v) is 8.87. The van der Waals surface area contributed by atoms with Crippen molar-refractivity contribution in [2.24, 2.45) is 11.3 Å². The summed E-state index contributed by atoms with van der Waals surface area (Å²) >= 11 is 0. The van der Waals surface area contributed by atoms with Gasteiger partial charge in [0.1, 0.15) is 11.6 Å². The van der Waals surface area contributed by atoms with Crippen LogP contribution in [-0.2, 0) is 30.7 Å². The van der Waals surface area contributed by atoms with Crippen LogP contribution in [0.4, 0.5) is 0 Å². The van der Waals surface area contributed by atoms with Crippen molar-refractivity contribution in [3.63, 3.8) is 0 Å². The smallest absolute Gasteiger partial charge is 0.307 e. The molecule has 2 saturated heterocycles. The molecule has 0 bridgehead atoms. The molecule has 4 heterocycles. The highest BCUT2D eigenvalue weighted by Gasteiger charge is 2.40. The van der Waals surface area contributed by atoms with Crippen LogP contribution in [0.3, 0.4) is 0 Å². The third kappa shape index (κ3) is 8.27. The van der Waals surface area contributed by atoms with E-state index in [0.717, 1.165) is 48.2 Å². The molecule has 2 aromatic heterocycles. The molecule has 1 unspecified atom stereocenters. The molecule has 222 valence electrons. The SMILES string of the molecule is CC(C)CN1CCC2(CC1)CCN(CCCn1ccnc1C(Cc1ncc[nH]1)NCc1ccc(CC(=O)O)cc1)C2. The fraction of sp³-hybridized carbons (Fsp3) is 0.594. The Labute approximate surface area is 244 Å². The van der Waals surface area contributed by atoms with Gasteiger partial charge in [0.2, 0.25) is 0 Å². The lowest BCUT2D eigenvalue weighted by molar-refractivity contribution is -0.136. The van der Waals surface area contributed by atoms with E-state index in [-0.39, 0.29) is 12.5 Å². The van der Waals surface area contributed by atoms with Crippen molar-refractivity contribution in [3.05, 3.63) is 71.8 Å². The molecule has 2 fully saturated rings. The van der Waals surface area contributed by atoms with Crippen LogP contribution in [0, 0.1) is 11.3 Å². The Bertz CT molecular complexity index is 1210. The number of carboxylic acid groups (broad SMARTS) is 1.